The second-order valence-electron chi connectivity index (χ2n) is 5.15. The van der Waals surface area contributed by atoms with Crippen molar-refractivity contribution in [2.45, 2.75) is 58.4 Å². The predicted molar refractivity (Wildman–Crippen MR) is 78.8 cm³/mol. The van der Waals surface area contributed by atoms with Gasteiger partial charge in [0.05, 0.1) is 0 Å². The van der Waals surface area contributed by atoms with Crippen molar-refractivity contribution in [1.82, 2.24) is 0 Å². The standard InChI is InChI=1S/C15H24O9/c1-6-20-12-11(7-21-8(2)16)24-15(19-5)14(23-10(4)18)13(12)22-9(3)17/h11-15H,6-7H2,1-5H3/t11-,12+,13+,14-,15+/m1/s1. The van der Waals surface area contributed by atoms with Gasteiger partial charge in [-0.15, -0.1) is 0 Å². The average molecular weight is 348 g/mol. The Labute approximate surface area is 140 Å². The Morgan fingerprint density at radius 2 is 1.50 bits per heavy atom. The molecule has 0 bridgehead atoms. The Kier molecular flexibility index (Phi) is 8.09. The molecule has 1 aliphatic rings. The first-order valence-corrected chi connectivity index (χ1v) is 7.57. The quantitative estimate of drug-likeness (QED) is 0.470. The Hall–Kier alpha value is -1.71. The van der Waals surface area contributed by atoms with E-state index in [0.29, 0.717) is 0 Å². The van der Waals surface area contributed by atoms with Crippen molar-refractivity contribution >= 4 is 17.9 Å². The first-order valence-electron chi connectivity index (χ1n) is 7.57. The van der Waals surface area contributed by atoms with Crippen LogP contribution >= 0.6 is 0 Å². The largest absolute Gasteiger partial charge is 0.463 e. The third-order valence-electron chi connectivity index (χ3n) is 3.24. The van der Waals surface area contributed by atoms with Crippen LogP contribution in [0.4, 0.5) is 0 Å². The Morgan fingerprint density at radius 1 is 0.917 bits per heavy atom. The molecular weight excluding hydrogens is 324 g/mol. The van der Waals surface area contributed by atoms with Gasteiger partial charge in [-0.2, -0.15) is 0 Å². The molecule has 9 nitrogen and oxygen atoms in total. The van der Waals surface area contributed by atoms with Crippen LogP contribution in [0.3, 0.4) is 0 Å². The summed E-state index contributed by atoms with van der Waals surface area (Å²) in [5.41, 5.74) is 0. The Balaban J connectivity index is 3.10. The van der Waals surface area contributed by atoms with E-state index >= 15 is 0 Å². The van der Waals surface area contributed by atoms with E-state index in [4.69, 9.17) is 28.4 Å². The molecule has 0 N–H and O–H groups in total. The minimum Gasteiger partial charge on any atom is -0.463 e. The summed E-state index contributed by atoms with van der Waals surface area (Å²) in [4.78, 5) is 33.9. The molecule has 0 aromatic carbocycles. The molecule has 1 aliphatic heterocycles. The maximum atomic E-state index is 11.5. The molecule has 9 heteroatoms. The van der Waals surface area contributed by atoms with Crippen LogP contribution in [0.25, 0.3) is 0 Å². The van der Waals surface area contributed by atoms with E-state index in [1.54, 1.807) is 6.92 Å². The smallest absolute Gasteiger partial charge is 0.303 e. The topological polar surface area (TPSA) is 107 Å². The minimum absolute atomic E-state index is 0.121. The van der Waals surface area contributed by atoms with Crippen molar-refractivity contribution < 1.29 is 42.8 Å². The van der Waals surface area contributed by atoms with E-state index in [1.165, 1.54) is 27.9 Å². The summed E-state index contributed by atoms with van der Waals surface area (Å²) in [7, 11) is 1.36. The zero-order valence-electron chi connectivity index (χ0n) is 14.5. The number of carbonyl (C=O) groups excluding carboxylic acids is 3. The van der Waals surface area contributed by atoms with Crippen molar-refractivity contribution in [3.8, 4) is 0 Å². The van der Waals surface area contributed by atoms with Crippen molar-refractivity contribution in [3.63, 3.8) is 0 Å². The number of ether oxygens (including phenoxy) is 6. The highest BCUT2D eigenvalue weighted by Crippen LogP contribution is 2.29. The first-order chi connectivity index (χ1) is 11.3. The lowest BCUT2D eigenvalue weighted by molar-refractivity contribution is -0.306. The number of hydrogen-bond donors (Lipinski definition) is 0. The number of esters is 3. The fourth-order valence-corrected chi connectivity index (χ4v) is 2.44. The SMILES string of the molecule is CCO[C@@H]1[C@H](OC(C)=O)[C@@H](OC(C)=O)[C@@H](OC)O[C@@H]1COC(C)=O. The Bertz CT molecular complexity index is 450. The maximum absolute atomic E-state index is 11.5. The lowest BCUT2D eigenvalue weighted by atomic mass is 9.98. The minimum atomic E-state index is -1.01. The van der Waals surface area contributed by atoms with Gasteiger partial charge in [-0.25, -0.2) is 0 Å². The third kappa shape index (κ3) is 5.73. The Morgan fingerprint density at radius 3 is 1.96 bits per heavy atom. The van der Waals surface area contributed by atoms with Crippen molar-refractivity contribution in [2.75, 3.05) is 20.3 Å². The molecule has 0 aromatic heterocycles. The van der Waals surface area contributed by atoms with Gasteiger partial charge in [0, 0.05) is 34.5 Å². The summed E-state index contributed by atoms with van der Waals surface area (Å²) in [6.45, 7) is 5.62. The monoisotopic (exact) mass is 348 g/mol. The molecule has 24 heavy (non-hydrogen) atoms. The van der Waals surface area contributed by atoms with Crippen molar-refractivity contribution in [3.05, 3.63) is 0 Å². The molecule has 0 unspecified atom stereocenters. The van der Waals surface area contributed by atoms with Crippen LogP contribution in [-0.4, -0.2) is 68.9 Å². The van der Waals surface area contributed by atoms with Crippen LogP contribution in [-0.2, 0) is 42.8 Å². The van der Waals surface area contributed by atoms with Gasteiger partial charge in [-0.1, -0.05) is 0 Å². The summed E-state index contributed by atoms with van der Waals surface area (Å²) in [5.74, 6) is -1.66. The van der Waals surface area contributed by atoms with Gasteiger partial charge in [0.25, 0.3) is 0 Å². The van der Waals surface area contributed by atoms with E-state index in [-0.39, 0.29) is 13.2 Å². The van der Waals surface area contributed by atoms with Crippen molar-refractivity contribution in [2.24, 2.45) is 0 Å². The molecule has 0 radical (unpaired) electrons. The maximum Gasteiger partial charge on any atom is 0.303 e. The molecule has 0 aliphatic carbocycles. The zero-order valence-corrected chi connectivity index (χ0v) is 14.5. The fourth-order valence-electron chi connectivity index (χ4n) is 2.44. The molecule has 0 spiro atoms. The van der Waals surface area contributed by atoms with Gasteiger partial charge in [0.2, 0.25) is 0 Å². The van der Waals surface area contributed by atoms with Crippen LogP contribution < -0.4 is 0 Å². The van der Waals surface area contributed by atoms with Gasteiger partial charge in [-0.3, -0.25) is 14.4 Å². The number of carbonyl (C=O) groups is 3. The number of rotatable bonds is 7. The predicted octanol–water partition coefficient (Wildman–Crippen LogP) is 0.189. The van der Waals surface area contributed by atoms with Gasteiger partial charge in [0.15, 0.2) is 18.5 Å². The molecule has 1 heterocycles. The molecule has 1 rings (SSSR count). The summed E-state index contributed by atoms with van der Waals surface area (Å²) in [6.07, 6.45) is -4.54. The van der Waals surface area contributed by atoms with Crippen LogP contribution in [0.5, 0.6) is 0 Å². The van der Waals surface area contributed by atoms with E-state index in [1.807, 2.05) is 0 Å². The zero-order chi connectivity index (χ0) is 18.3. The molecule has 138 valence electrons. The van der Waals surface area contributed by atoms with Gasteiger partial charge in [-0.05, 0) is 6.92 Å². The second kappa shape index (κ2) is 9.55. The van der Waals surface area contributed by atoms with Crippen LogP contribution in [0.1, 0.15) is 27.7 Å². The number of methoxy groups -OCH3 is 1. The molecule has 1 fully saturated rings. The van der Waals surface area contributed by atoms with Gasteiger partial charge >= 0.3 is 17.9 Å². The normalized spacial score (nSPS) is 29.6. The summed E-state index contributed by atoms with van der Waals surface area (Å²) < 4.78 is 32.0. The number of hydrogen-bond acceptors (Lipinski definition) is 9. The molecule has 5 atom stereocenters. The molecule has 1 saturated heterocycles. The lowest BCUT2D eigenvalue weighted by Crippen LogP contribution is -2.62. The van der Waals surface area contributed by atoms with E-state index in [2.05, 4.69) is 0 Å². The second-order valence-corrected chi connectivity index (χ2v) is 5.15. The van der Waals surface area contributed by atoms with Crippen LogP contribution in [0, 0.1) is 0 Å². The van der Waals surface area contributed by atoms with Crippen LogP contribution in [0.15, 0.2) is 0 Å². The van der Waals surface area contributed by atoms with E-state index in [9.17, 15) is 14.4 Å². The lowest BCUT2D eigenvalue weighted by Gasteiger charge is -2.44. The van der Waals surface area contributed by atoms with Gasteiger partial charge in [0.1, 0.15) is 18.8 Å². The summed E-state index contributed by atoms with van der Waals surface area (Å²) in [5, 5.41) is 0. The molecule has 0 aromatic rings. The first kappa shape index (κ1) is 20.3. The average Bonchev–Trinajstić information content (AvgIpc) is 2.48. The van der Waals surface area contributed by atoms with Crippen molar-refractivity contribution in [1.29, 1.82) is 0 Å². The highest BCUT2D eigenvalue weighted by Gasteiger charge is 2.51. The molecule has 0 saturated carbocycles. The van der Waals surface area contributed by atoms with E-state index in [0.717, 1.165) is 0 Å². The highest BCUT2D eigenvalue weighted by atomic mass is 16.7. The third-order valence-corrected chi connectivity index (χ3v) is 3.24. The summed E-state index contributed by atoms with van der Waals surface area (Å²) >= 11 is 0. The van der Waals surface area contributed by atoms with E-state index < -0.39 is 48.6 Å². The fraction of sp³-hybridized carbons (Fsp3) is 0.800. The molecule has 0 amide bonds. The highest BCUT2D eigenvalue weighted by molar-refractivity contribution is 5.67. The summed E-state index contributed by atoms with van der Waals surface area (Å²) in [6, 6.07) is 0. The molecular formula is C15H24O9. The van der Waals surface area contributed by atoms with Gasteiger partial charge < -0.3 is 28.4 Å². The van der Waals surface area contributed by atoms with Crippen LogP contribution in [0.2, 0.25) is 0 Å².